The van der Waals surface area contributed by atoms with Gasteiger partial charge in [0, 0.05) is 31.4 Å². The van der Waals surface area contributed by atoms with Gasteiger partial charge in [-0.1, -0.05) is 19.9 Å². The molecule has 1 aromatic rings. The summed E-state index contributed by atoms with van der Waals surface area (Å²) in [5.74, 6) is -0.0195. The van der Waals surface area contributed by atoms with Gasteiger partial charge >= 0.3 is 0 Å². The lowest BCUT2D eigenvalue weighted by atomic mass is 9.93. The first-order valence-electron chi connectivity index (χ1n) is 6.81. The van der Waals surface area contributed by atoms with Crippen molar-refractivity contribution in [2.24, 2.45) is 11.1 Å². The van der Waals surface area contributed by atoms with Crippen LogP contribution in [-0.2, 0) is 4.79 Å². The molecule has 2 aliphatic heterocycles. The van der Waals surface area contributed by atoms with Gasteiger partial charge in [-0.3, -0.25) is 4.79 Å². The van der Waals surface area contributed by atoms with Crippen LogP contribution >= 0.6 is 0 Å². The standard InChI is InChI=1S/C15H21N3O/c1-15(2)6-7-18(9-15)10-4-5-11-12(8-10)17(3)14(19)13(11)16/h4-5,8,13H,6-7,9,16H2,1-3H3. The van der Waals surface area contributed by atoms with Crippen LogP contribution < -0.4 is 15.5 Å². The first kappa shape index (κ1) is 12.5. The maximum Gasteiger partial charge on any atom is 0.248 e. The molecule has 0 radical (unpaired) electrons. The molecule has 1 amide bonds. The van der Waals surface area contributed by atoms with E-state index < -0.39 is 6.04 Å². The van der Waals surface area contributed by atoms with E-state index in [0.717, 1.165) is 24.3 Å². The van der Waals surface area contributed by atoms with Crippen LogP contribution in [0.3, 0.4) is 0 Å². The number of nitrogens with two attached hydrogens (primary N) is 1. The second kappa shape index (κ2) is 3.97. The topological polar surface area (TPSA) is 49.6 Å². The van der Waals surface area contributed by atoms with Crippen LogP contribution in [0.2, 0.25) is 0 Å². The summed E-state index contributed by atoms with van der Waals surface area (Å²) in [6.07, 6.45) is 1.21. The fraction of sp³-hybridized carbons (Fsp3) is 0.533. The second-order valence-corrected chi connectivity index (χ2v) is 6.45. The highest BCUT2D eigenvalue weighted by molar-refractivity contribution is 6.04. The van der Waals surface area contributed by atoms with Crippen molar-refractivity contribution in [1.82, 2.24) is 0 Å². The minimum atomic E-state index is -0.496. The summed E-state index contributed by atoms with van der Waals surface area (Å²) in [7, 11) is 1.80. The predicted molar refractivity (Wildman–Crippen MR) is 77.4 cm³/mol. The first-order chi connectivity index (χ1) is 8.89. The number of likely N-dealkylation sites (N-methyl/N-ethyl adjacent to an activating group) is 1. The van der Waals surface area contributed by atoms with Crippen LogP contribution in [0, 0.1) is 5.41 Å². The molecular formula is C15H21N3O. The van der Waals surface area contributed by atoms with Crippen molar-refractivity contribution in [3.05, 3.63) is 23.8 Å². The zero-order valence-corrected chi connectivity index (χ0v) is 11.8. The first-order valence-corrected chi connectivity index (χ1v) is 6.81. The molecule has 0 aliphatic carbocycles. The van der Waals surface area contributed by atoms with Crippen molar-refractivity contribution in [3.63, 3.8) is 0 Å². The van der Waals surface area contributed by atoms with Gasteiger partial charge in [0.25, 0.3) is 0 Å². The summed E-state index contributed by atoms with van der Waals surface area (Å²) in [6, 6.07) is 5.69. The molecule has 1 atom stereocenters. The van der Waals surface area contributed by atoms with Crippen molar-refractivity contribution in [1.29, 1.82) is 0 Å². The van der Waals surface area contributed by atoms with Crippen LogP contribution in [0.1, 0.15) is 31.9 Å². The minimum absolute atomic E-state index is 0.0195. The molecule has 0 bridgehead atoms. The molecule has 1 fully saturated rings. The molecule has 102 valence electrons. The van der Waals surface area contributed by atoms with Gasteiger partial charge in [-0.15, -0.1) is 0 Å². The van der Waals surface area contributed by atoms with Gasteiger partial charge in [-0.05, 0) is 24.0 Å². The van der Waals surface area contributed by atoms with Gasteiger partial charge < -0.3 is 15.5 Å². The lowest BCUT2D eigenvalue weighted by Gasteiger charge is -2.23. The van der Waals surface area contributed by atoms with Crippen molar-refractivity contribution in [2.75, 3.05) is 29.9 Å². The summed E-state index contributed by atoms with van der Waals surface area (Å²) in [5.41, 5.74) is 9.38. The molecule has 4 heteroatoms. The summed E-state index contributed by atoms with van der Waals surface area (Å²) in [6.45, 7) is 6.74. The molecule has 3 rings (SSSR count). The number of carbonyl (C=O) groups excluding carboxylic acids is 1. The van der Waals surface area contributed by atoms with E-state index in [2.05, 4.69) is 30.9 Å². The van der Waals surface area contributed by atoms with E-state index in [1.54, 1.807) is 11.9 Å². The Bertz CT molecular complexity index is 538. The van der Waals surface area contributed by atoms with Gasteiger partial charge in [0.1, 0.15) is 6.04 Å². The third-order valence-corrected chi connectivity index (χ3v) is 4.35. The lowest BCUT2D eigenvalue weighted by molar-refractivity contribution is -0.118. The molecule has 0 spiro atoms. The smallest absolute Gasteiger partial charge is 0.248 e. The molecule has 0 aromatic heterocycles. The normalized spacial score (nSPS) is 25.1. The predicted octanol–water partition coefficient (Wildman–Crippen LogP) is 1.90. The number of benzene rings is 1. The van der Waals surface area contributed by atoms with E-state index in [4.69, 9.17) is 5.73 Å². The van der Waals surface area contributed by atoms with Crippen molar-refractivity contribution >= 4 is 17.3 Å². The SMILES string of the molecule is CN1C(=O)C(N)c2ccc(N3CCC(C)(C)C3)cc21. The zero-order chi connectivity index (χ0) is 13.8. The number of amides is 1. The molecule has 0 saturated carbocycles. The van der Waals surface area contributed by atoms with E-state index in [0.29, 0.717) is 5.41 Å². The largest absolute Gasteiger partial charge is 0.371 e. The molecule has 1 aromatic carbocycles. The summed E-state index contributed by atoms with van der Waals surface area (Å²) in [5, 5.41) is 0. The maximum atomic E-state index is 11.9. The van der Waals surface area contributed by atoms with Gasteiger partial charge in [0.15, 0.2) is 0 Å². The molecule has 1 unspecified atom stereocenters. The highest BCUT2D eigenvalue weighted by Gasteiger charge is 2.34. The van der Waals surface area contributed by atoms with Crippen LogP contribution in [0.5, 0.6) is 0 Å². The summed E-state index contributed by atoms with van der Waals surface area (Å²) < 4.78 is 0. The Hall–Kier alpha value is -1.55. The van der Waals surface area contributed by atoms with Crippen molar-refractivity contribution in [2.45, 2.75) is 26.3 Å². The second-order valence-electron chi connectivity index (χ2n) is 6.45. The molecule has 1 saturated heterocycles. The summed E-state index contributed by atoms with van der Waals surface area (Å²) in [4.78, 5) is 15.9. The Morgan fingerprint density at radius 2 is 2.11 bits per heavy atom. The highest BCUT2D eigenvalue weighted by Crippen LogP contribution is 2.39. The number of rotatable bonds is 1. The van der Waals surface area contributed by atoms with Crippen LogP contribution in [0.4, 0.5) is 11.4 Å². The number of carbonyl (C=O) groups is 1. The molecule has 4 nitrogen and oxygen atoms in total. The number of fused-ring (bicyclic) bond motifs is 1. The summed E-state index contributed by atoms with van der Waals surface area (Å²) >= 11 is 0. The third kappa shape index (κ3) is 1.91. The van der Waals surface area contributed by atoms with Crippen LogP contribution in [0.25, 0.3) is 0 Å². The average molecular weight is 259 g/mol. The molecule has 2 aliphatic rings. The lowest BCUT2D eigenvalue weighted by Crippen LogP contribution is -2.28. The van der Waals surface area contributed by atoms with Crippen LogP contribution in [-0.4, -0.2) is 26.0 Å². The Morgan fingerprint density at radius 3 is 2.74 bits per heavy atom. The van der Waals surface area contributed by atoms with Crippen LogP contribution in [0.15, 0.2) is 18.2 Å². The number of hydrogen-bond acceptors (Lipinski definition) is 3. The Kier molecular flexibility index (Phi) is 2.61. The highest BCUT2D eigenvalue weighted by atomic mass is 16.2. The van der Waals surface area contributed by atoms with Crippen molar-refractivity contribution < 1.29 is 4.79 Å². The van der Waals surface area contributed by atoms with Gasteiger partial charge in [0.2, 0.25) is 5.91 Å². The quantitative estimate of drug-likeness (QED) is 0.838. The molecular weight excluding hydrogens is 238 g/mol. The van der Waals surface area contributed by atoms with E-state index >= 15 is 0 Å². The molecule has 2 N–H and O–H groups in total. The maximum absolute atomic E-state index is 11.9. The van der Waals surface area contributed by atoms with Crippen molar-refractivity contribution in [3.8, 4) is 0 Å². The van der Waals surface area contributed by atoms with E-state index in [-0.39, 0.29) is 5.91 Å². The Balaban J connectivity index is 1.93. The average Bonchev–Trinajstić information content (AvgIpc) is 2.84. The van der Waals surface area contributed by atoms with E-state index in [1.165, 1.54) is 12.1 Å². The van der Waals surface area contributed by atoms with Gasteiger partial charge in [0.05, 0.1) is 5.69 Å². The van der Waals surface area contributed by atoms with Gasteiger partial charge in [-0.2, -0.15) is 0 Å². The molecule has 2 heterocycles. The van der Waals surface area contributed by atoms with Gasteiger partial charge in [-0.25, -0.2) is 0 Å². The number of nitrogens with zero attached hydrogens (tertiary/aromatic N) is 2. The van der Waals surface area contributed by atoms with E-state index in [9.17, 15) is 4.79 Å². The monoisotopic (exact) mass is 259 g/mol. The Labute approximate surface area is 114 Å². The number of hydrogen-bond donors (Lipinski definition) is 1. The Morgan fingerprint density at radius 1 is 1.37 bits per heavy atom. The minimum Gasteiger partial charge on any atom is -0.371 e. The fourth-order valence-corrected chi connectivity index (χ4v) is 3.08. The number of anilines is 2. The zero-order valence-electron chi connectivity index (χ0n) is 11.8. The third-order valence-electron chi connectivity index (χ3n) is 4.35. The fourth-order valence-electron chi connectivity index (χ4n) is 3.08. The molecule has 19 heavy (non-hydrogen) atoms. The van der Waals surface area contributed by atoms with E-state index in [1.807, 2.05) is 6.07 Å².